The first-order valence-electron chi connectivity index (χ1n) is 11.2. The van der Waals surface area contributed by atoms with Crippen molar-refractivity contribution in [2.75, 3.05) is 5.75 Å². The summed E-state index contributed by atoms with van der Waals surface area (Å²) in [5.41, 5.74) is 3.49. The lowest BCUT2D eigenvalue weighted by Crippen LogP contribution is -2.50. The number of rotatable bonds is 12. The van der Waals surface area contributed by atoms with Crippen molar-refractivity contribution in [2.45, 2.75) is 71.3 Å². The molecule has 2 atom stereocenters. The van der Waals surface area contributed by atoms with Gasteiger partial charge in [0.15, 0.2) is 0 Å². The summed E-state index contributed by atoms with van der Waals surface area (Å²) in [5, 5.41) is 3.06. The lowest BCUT2D eigenvalue weighted by atomic mass is 10.1. The second-order valence-corrected chi connectivity index (χ2v) is 9.14. The van der Waals surface area contributed by atoms with E-state index in [1.807, 2.05) is 70.2 Å². The van der Waals surface area contributed by atoms with Crippen LogP contribution in [0.3, 0.4) is 0 Å². The lowest BCUT2D eigenvalue weighted by molar-refractivity contribution is -0.141. The fourth-order valence-electron chi connectivity index (χ4n) is 3.32. The summed E-state index contributed by atoms with van der Waals surface area (Å²) >= 11 is 1.75. The summed E-state index contributed by atoms with van der Waals surface area (Å²) in [5.74, 6) is 1.60. The first-order chi connectivity index (χ1) is 14.9. The van der Waals surface area contributed by atoms with Crippen LogP contribution in [0.4, 0.5) is 0 Å². The number of nitrogens with zero attached hydrogens (tertiary/aromatic N) is 1. The third kappa shape index (κ3) is 8.41. The normalized spacial score (nSPS) is 12.8. The van der Waals surface area contributed by atoms with Crippen LogP contribution < -0.4 is 5.32 Å². The Morgan fingerprint density at radius 3 is 2.26 bits per heavy atom. The molecule has 31 heavy (non-hydrogen) atoms. The molecule has 0 radical (unpaired) electrons. The Balaban J connectivity index is 2.06. The van der Waals surface area contributed by atoms with Crippen molar-refractivity contribution in [3.63, 3.8) is 0 Å². The quantitative estimate of drug-likeness (QED) is 0.453. The molecule has 0 bridgehead atoms. The molecular weight excluding hydrogens is 404 g/mol. The van der Waals surface area contributed by atoms with E-state index in [9.17, 15) is 9.59 Å². The third-order valence-electron chi connectivity index (χ3n) is 5.43. The number of carbonyl (C=O) groups excluding carboxylic acids is 2. The molecule has 4 nitrogen and oxygen atoms in total. The highest BCUT2D eigenvalue weighted by Gasteiger charge is 2.28. The smallest absolute Gasteiger partial charge is 0.243 e. The van der Waals surface area contributed by atoms with Crippen molar-refractivity contribution in [1.29, 1.82) is 0 Å². The van der Waals surface area contributed by atoms with Gasteiger partial charge in [-0.05, 0) is 37.8 Å². The Morgan fingerprint density at radius 1 is 0.968 bits per heavy atom. The maximum atomic E-state index is 13.2. The Bertz CT molecular complexity index is 808. The van der Waals surface area contributed by atoms with Crippen LogP contribution in [0.25, 0.3) is 0 Å². The number of carbonyl (C=O) groups is 2. The number of hydrogen-bond donors (Lipinski definition) is 1. The van der Waals surface area contributed by atoms with E-state index in [2.05, 4.69) is 17.4 Å². The molecule has 5 heteroatoms. The van der Waals surface area contributed by atoms with Gasteiger partial charge in [-0.3, -0.25) is 9.59 Å². The summed E-state index contributed by atoms with van der Waals surface area (Å²) in [6.45, 7) is 8.52. The first-order valence-corrected chi connectivity index (χ1v) is 12.4. The van der Waals surface area contributed by atoms with Crippen LogP contribution in [-0.2, 0) is 21.9 Å². The van der Waals surface area contributed by atoms with E-state index in [4.69, 9.17) is 0 Å². The van der Waals surface area contributed by atoms with E-state index in [0.717, 1.165) is 23.5 Å². The van der Waals surface area contributed by atoms with Gasteiger partial charge in [0.05, 0.1) is 0 Å². The molecule has 0 saturated heterocycles. The van der Waals surface area contributed by atoms with Crippen molar-refractivity contribution in [2.24, 2.45) is 0 Å². The summed E-state index contributed by atoms with van der Waals surface area (Å²) in [4.78, 5) is 27.9. The highest BCUT2D eigenvalue weighted by molar-refractivity contribution is 7.98. The fraction of sp³-hybridized carbons (Fsp3) is 0.462. The molecule has 0 aliphatic heterocycles. The lowest BCUT2D eigenvalue weighted by Gasteiger charge is -2.31. The van der Waals surface area contributed by atoms with Crippen molar-refractivity contribution >= 4 is 23.6 Å². The van der Waals surface area contributed by atoms with Crippen molar-refractivity contribution in [3.05, 3.63) is 71.3 Å². The Morgan fingerprint density at radius 2 is 1.65 bits per heavy atom. The maximum Gasteiger partial charge on any atom is 0.243 e. The van der Waals surface area contributed by atoms with Gasteiger partial charge in [0, 0.05) is 30.5 Å². The predicted molar refractivity (Wildman–Crippen MR) is 131 cm³/mol. The van der Waals surface area contributed by atoms with Crippen molar-refractivity contribution < 1.29 is 9.59 Å². The van der Waals surface area contributed by atoms with Crippen LogP contribution in [0.5, 0.6) is 0 Å². The zero-order valence-corrected chi connectivity index (χ0v) is 20.1. The molecule has 2 amide bonds. The molecule has 2 aromatic rings. The van der Waals surface area contributed by atoms with Crippen LogP contribution in [0, 0.1) is 6.92 Å². The Hall–Kier alpha value is -2.27. The second kappa shape index (κ2) is 13.2. The average molecular weight is 441 g/mol. The zero-order valence-electron chi connectivity index (χ0n) is 19.3. The van der Waals surface area contributed by atoms with Gasteiger partial charge in [-0.2, -0.15) is 11.8 Å². The standard InChI is InChI=1S/C26H36N2O2S/c1-5-21(4)27-26(30)24(6-2)28(18-22-14-12-20(3)13-15-22)25(29)16-17-31-19-23-10-8-7-9-11-23/h7-15,21,24H,5-6,16-19H2,1-4H3,(H,27,30)/t21-,24-/m0/s1. The van der Waals surface area contributed by atoms with Gasteiger partial charge in [-0.25, -0.2) is 0 Å². The van der Waals surface area contributed by atoms with Crippen molar-refractivity contribution in [1.82, 2.24) is 10.2 Å². The second-order valence-electron chi connectivity index (χ2n) is 8.04. The molecule has 0 aromatic heterocycles. The highest BCUT2D eigenvalue weighted by atomic mass is 32.2. The van der Waals surface area contributed by atoms with Gasteiger partial charge < -0.3 is 10.2 Å². The van der Waals surface area contributed by atoms with Crippen LogP contribution in [0.2, 0.25) is 0 Å². The summed E-state index contributed by atoms with van der Waals surface area (Å²) < 4.78 is 0. The average Bonchev–Trinajstić information content (AvgIpc) is 2.78. The fourth-order valence-corrected chi connectivity index (χ4v) is 4.21. The molecule has 0 aliphatic rings. The number of aryl methyl sites for hydroxylation is 1. The molecule has 0 unspecified atom stereocenters. The van der Waals surface area contributed by atoms with E-state index < -0.39 is 6.04 Å². The summed E-state index contributed by atoms with van der Waals surface area (Å²) in [6, 6.07) is 18.1. The van der Waals surface area contributed by atoms with E-state index in [0.29, 0.717) is 19.4 Å². The SMILES string of the molecule is CC[C@H](C)NC(=O)[C@H](CC)N(Cc1ccc(C)cc1)C(=O)CCSCc1ccccc1. The molecule has 0 heterocycles. The minimum Gasteiger partial charge on any atom is -0.352 e. The molecule has 0 spiro atoms. The van der Waals surface area contributed by atoms with E-state index in [1.54, 1.807) is 16.7 Å². The van der Waals surface area contributed by atoms with E-state index in [-0.39, 0.29) is 17.9 Å². The number of hydrogen-bond acceptors (Lipinski definition) is 3. The van der Waals surface area contributed by atoms with Crippen molar-refractivity contribution in [3.8, 4) is 0 Å². The molecule has 1 N–H and O–H groups in total. The molecule has 0 saturated carbocycles. The van der Waals surface area contributed by atoms with Gasteiger partial charge in [-0.1, -0.05) is 74.0 Å². The molecule has 2 aromatic carbocycles. The molecule has 0 fully saturated rings. The van der Waals surface area contributed by atoms with Gasteiger partial charge in [0.1, 0.15) is 6.04 Å². The van der Waals surface area contributed by atoms with Crippen LogP contribution in [0.1, 0.15) is 56.7 Å². The van der Waals surface area contributed by atoms with E-state index >= 15 is 0 Å². The van der Waals surface area contributed by atoms with Crippen LogP contribution >= 0.6 is 11.8 Å². The van der Waals surface area contributed by atoms with Crippen LogP contribution in [-0.4, -0.2) is 34.6 Å². The van der Waals surface area contributed by atoms with Crippen LogP contribution in [0.15, 0.2) is 54.6 Å². The topological polar surface area (TPSA) is 49.4 Å². The van der Waals surface area contributed by atoms with Gasteiger partial charge >= 0.3 is 0 Å². The van der Waals surface area contributed by atoms with Gasteiger partial charge in [0.2, 0.25) is 11.8 Å². The van der Waals surface area contributed by atoms with E-state index in [1.165, 1.54) is 11.1 Å². The maximum absolute atomic E-state index is 13.2. The molecular formula is C26H36N2O2S. The van der Waals surface area contributed by atoms with Gasteiger partial charge in [-0.15, -0.1) is 0 Å². The summed E-state index contributed by atoms with van der Waals surface area (Å²) in [7, 11) is 0. The Kier molecular flexibility index (Phi) is 10.6. The summed E-state index contributed by atoms with van der Waals surface area (Å²) in [6.07, 6.45) is 1.89. The highest BCUT2D eigenvalue weighted by Crippen LogP contribution is 2.18. The molecule has 2 rings (SSSR count). The predicted octanol–water partition coefficient (Wildman–Crippen LogP) is 5.34. The molecule has 0 aliphatic carbocycles. The third-order valence-corrected chi connectivity index (χ3v) is 6.46. The number of amides is 2. The van der Waals surface area contributed by atoms with Gasteiger partial charge in [0.25, 0.3) is 0 Å². The monoisotopic (exact) mass is 440 g/mol. The number of benzene rings is 2. The minimum atomic E-state index is -0.457. The molecule has 168 valence electrons. The first kappa shape index (κ1) is 25.0. The Labute approximate surface area is 191 Å². The number of nitrogens with one attached hydrogen (secondary N) is 1. The largest absolute Gasteiger partial charge is 0.352 e. The zero-order chi connectivity index (χ0) is 22.6. The minimum absolute atomic E-state index is 0.0345. The number of thioether (sulfide) groups is 1.